The van der Waals surface area contributed by atoms with Crippen molar-refractivity contribution in [3.05, 3.63) is 51.7 Å². The van der Waals surface area contributed by atoms with Gasteiger partial charge in [-0.15, -0.1) is 0 Å². The maximum absolute atomic E-state index is 13.7. The first kappa shape index (κ1) is 11.6. The quantitative estimate of drug-likeness (QED) is 0.615. The second-order valence-electron chi connectivity index (χ2n) is 4.34. The summed E-state index contributed by atoms with van der Waals surface area (Å²) in [5, 5.41) is 10.6. The molecule has 0 saturated carbocycles. The van der Waals surface area contributed by atoms with E-state index >= 15 is 0 Å². The van der Waals surface area contributed by atoms with Gasteiger partial charge in [-0.2, -0.15) is 4.39 Å². The molecule has 5 nitrogen and oxygen atoms in total. The maximum Gasteiger partial charge on any atom is 0.304 e. The van der Waals surface area contributed by atoms with E-state index in [2.05, 4.69) is 4.98 Å². The van der Waals surface area contributed by atoms with Gasteiger partial charge in [0.1, 0.15) is 5.82 Å². The molecule has 2 heterocycles. The van der Waals surface area contributed by atoms with Gasteiger partial charge in [-0.1, -0.05) is 6.08 Å². The molecule has 0 bridgehead atoms. The summed E-state index contributed by atoms with van der Waals surface area (Å²) in [5.41, 5.74) is 1.63. The van der Waals surface area contributed by atoms with E-state index in [1.165, 1.54) is 12.1 Å². The van der Waals surface area contributed by atoms with Gasteiger partial charge in [0, 0.05) is 24.3 Å². The lowest BCUT2D eigenvalue weighted by Gasteiger charge is -2.05. The number of aromatic nitrogens is 2. The van der Waals surface area contributed by atoms with Crippen molar-refractivity contribution in [3.63, 3.8) is 0 Å². The van der Waals surface area contributed by atoms with Crippen LogP contribution in [0.5, 0.6) is 0 Å². The highest BCUT2D eigenvalue weighted by Crippen LogP contribution is 2.30. The Morgan fingerprint density at radius 3 is 2.95 bits per heavy atom. The van der Waals surface area contributed by atoms with E-state index in [4.69, 9.17) is 0 Å². The van der Waals surface area contributed by atoms with Crippen LogP contribution in [0.25, 0.3) is 17.5 Å². The standard InChI is InChI=1S/C13H10FN3O2/c1-8-13(16-6-2-3-12(16)15-8)9-4-5-11(17(18)19)10(14)7-9/h2,4-7H,3H2,1H3. The van der Waals surface area contributed by atoms with E-state index in [1.807, 2.05) is 23.8 Å². The SMILES string of the molecule is Cc1nc2n(c1-c1ccc([N+](=O)[O-])c(F)c1)C=CC2. The molecule has 0 radical (unpaired) electrons. The molecule has 1 aliphatic heterocycles. The Balaban J connectivity index is 2.16. The molecule has 0 amide bonds. The number of hydrogen-bond acceptors (Lipinski definition) is 3. The molecule has 1 aliphatic rings. The number of imidazole rings is 1. The summed E-state index contributed by atoms with van der Waals surface area (Å²) in [6, 6.07) is 3.91. The molecule has 1 aromatic carbocycles. The Kier molecular flexibility index (Phi) is 2.45. The Morgan fingerprint density at radius 2 is 2.26 bits per heavy atom. The van der Waals surface area contributed by atoms with Crippen molar-refractivity contribution >= 4 is 11.9 Å². The van der Waals surface area contributed by atoms with Crippen molar-refractivity contribution in [2.24, 2.45) is 0 Å². The van der Waals surface area contributed by atoms with Gasteiger partial charge < -0.3 is 4.57 Å². The number of halogens is 1. The third-order valence-electron chi connectivity index (χ3n) is 3.13. The molecule has 0 N–H and O–H groups in total. The molecule has 1 aromatic heterocycles. The second kappa shape index (κ2) is 4.01. The molecule has 0 spiro atoms. The van der Waals surface area contributed by atoms with Gasteiger partial charge in [0.05, 0.1) is 16.3 Å². The van der Waals surface area contributed by atoms with Crippen LogP contribution in [0.2, 0.25) is 0 Å². The smallest absolute Gasteiger partial charge is 0.303 e. The molecule has 19 heavy (non-hydrogen) atoms. The van der Waals surface area contributed by atoms with Gasteiger partial charge in [-0.25, -0.2) is 4.98 Å². The minimum Gasteiger partial charge on any atom is -0.303 e. The van der Waals surface area contributed by atoms with Crippen LogP contribution in [-0.2, 0) is 6.42 Å². The van der Waals surface area contributed by atoms with Gasteiger partial charge in [-0.3, -0.25) is 10.1 Å². The molecular weight excluding hydrogens is 249 g/mol. The second-order valence-corrected chi connectivity index (χ2v) is 4.34. The van der Waals surface area contributed by atoms with Crippen LogP contribution < -0.4 is 0 Å². The lowest BCUT2D eigenvalue weighted by molar-refractivity contribution is -0.387. The predicted molar refractivity (Wildman–Crippen MR) is 68.0 cm³/mol. The topological polar surface area (TPSA) is 61.0 Å². The molecule has 0 unspecified atom stereocenters. The zero-order chi connectivity index (χ0) is 13.6. The summed E-state index contributed by atoms with van der Waals surface area (Å²) >= 11 is 0. The molecule has 0 saturated heterocycles. The van der Waals surface area contributed by atoms with Crippen LogP contribution in [0.15, 0.2) is 24.3 Å². The first-order valence-corrected chi connectivity index (χ1v) is 5.76. The van der Waals surface area contributed by atoms with E-state index in [0.717, 1.165) is 23.6 Å². The summed E-state index contributed by atoms with van der Waals surface area (Å²) in [4.78, 5) is 14.3. The first-order chi connectivity index (χ1) is 9.08. The van der Waals surface area contributed by atoms with Crippen LogP contribution in [-0.4, -0.2) is 14.5 Å². The van der Waals surface area contributed by atoms with Gasteiger partial charge in [0.2, 0.25) is 5.82 Å². The van der Waals surface area contributed by atoms with Crippen molar-refractivity contribution < 1.29 is 9.31 Å². The van der Waals surface area contributed by atoms with E-state index in [1.54, 1.807) is 6.07 Å². The summed E-state index contributed by atoms with van der Waals surface area (Å²) in [5.74, 6) is 0.0608. The number of hydrogen-bond donors (Lipinski definition) is 0. The molecule has 0 fully saturated rings. The normalized spacial score (nSPS) is 12.7. The average Bonchev–Trinajstić information content (AvgIpc) is 2.87. The highest BCUT2D eigenvalue weighted by atomic mass is 19.1. The number of rotatable bonds is 2. The van der Waals surface area contributed by atoms with Crippen LogP contribution in [0.1, 0.15) is 11.5 Å². The van der Waals surface area contributed by atoms with E-state index < -0.39 is 16.4 Å². The van der Waals surface area contributed by atoms with Gasteiger partial charge in [0.25, 0.3) is 0 Å². The van der Waals surface area contributed by atoms with Crippen molar-refractivity contribution in [3.8, 4) is 11.3 Å². The highest BCUT2D eigenvalue weighted by molar-refractivity contribution is 5.68. The number of benzene rings is 1. The molecule has 2 aromatic rings. The Hall–Kier alpha value is -2.50. The Morgan fingerprint density at radius 1 is 1.47 bits per heavy atom. The van der Waals surface area contributed by atoms with Crippen molar-refractivity contribution in [1.82, 2.24) is 9.55 Å². The van der Waals surface area contributed by atoms with Crippen molar-refractivity contribution in [2.75, 3.05) is 0 Å². The fraction of sp³-hybridized carbons (Fsp3) is 0.154. The average molecular weight is 259 g/mol. The third-order valence-corrected chi connectivity index (χ3v) is 3.13. The lowest BCUT2D eigenvalue weighted by Crippen LogP contribution is -1.95. The van der Waals surface area contributed by atoms with Crippen LogP contribution in [0, 0.1) is 22.9 Å². The maximum atomic E-state index is 13.7. The van der Waals surface area contributed by atoms with Gasteiger partial charge >= 0.3 is 5.69 Å². The molecule has 0 atom stereocenters. The minimum absolute atomic E-state index is 0.516. The molecule has 3 rings (SSSR count). The van der Waals surface area contributed by atoms with Crippen LogP contribution in [0.3, 0.4) is 0 Å². The van der Waals surface area contributed by atoms with Crippen molar-refractivity contribution in [1.29, 1.82) is 0 Å². The number of nitro groups is 1. The zero-order valence-corrected chi connectivity index (χ0v) is 10.1. The third kappa shape index (κ3) is 1.72. The summed E-state index contributed by atoms with van der Waals surface area (Å²) in [7, 11) is 0. The number of nitrogens with zero attached hydrogens (tertiary/aromatic N) is 3. The molecular formula is C13H10FN3O2. The van der Waals surface area contributed by atoms with E-state index in [9.17, 15) is 14.5 Å². The van der Waals surface area contributed by atoms with Crippen LogP contribution in [0.4, 0.5) is 10.1 Å². The fourth-order valence-electron chi connectivity index (χ4n) is 2.32. The van der Waals surface area contributed by atoms with E-state index in [0.29, 0.717) is 5.56 Å². The summed E-state index contributed by atoms with van der Waals surface area (Å²) in [6.45, 7) is 1.84. The monoisotopic (exact) mass is 259 g/mol. The van der Waals surface area contributed by atoms with Gasteiger partial charge in [0.15, 0.2) is 0 Å². The number of fused-ring (bicyclic) bond motifs is 1. The number of nitro benzene ring substituents is 1. The first-order valence-electron chi connectivity index (χ1n) is 5.76. The van der Waals surface area contributed by atoms with Gasteiger partial charge in [-0.05, 0) is 19.1 Å². The van der Waals surface area contributed by atoms with Crippen molar-refractivity contribution in [2.45, 2.75) is 13.3 Å². The molecule has 6 heteroatoms. The summed E-state index contributed by atoms with van der Waals surface area (Å²) < 4.78 is 15.6. The minimum atomic E-state index is -0.834. The predicted octanol–water partition coefficient (Wildman–Crippen LogP) is 2.93. The lowest BCUT2D eigenvalue weighted by atomic mass is 10.1. The molecule has 0 aliphatic carbocycles. The number of aryl methyl sites for hydroxylation is 1. The van der Waals surface area contributed by atoms with E-state index in [-0.39, 0.29) is 0 Å². The fourth-order valence-corrected chi connectivity index (χ4v) is 2.32. The number of allylic oxidation sites excluding steroid dienone is 1. The Labute approximate surface area is 108 Å². The highest BCUT2D eigenvalue weighted by Gasteiger charge is 2.20. The largest absolute Gasteiger partial charge is 0.304 e. The zero-order valence-electron chi connectivity index (χ0n) is 10.1. The molecule has 96 valence electrons. The Bertz CT molecular complexity index is 719. The summed E-state index contributed by atoms with van der Waals surface area (Å²) in [6.07, 6.45) is 4.59. The van der Waals surface area contributed by atoms with Crippen LogP contribution >= 0.6 is 0 Å².